The van der Waals surface area contributed by atoms with Crippen LogP contribution in [-0.4, -0.2) is 43.8 Å². The molecule has 0 amide bonds. The Kier molecular flexibility index (Phi) is 8.20. The highest BCUT2D eigenvalue weighted by Gasteiger charge is 2.21. The van der Waals surface area contributed by atoms with Gasteiger partial charge in [-0.15, -0.1) is 0 Å². The minimum Gasteiger partial charge on any atom is -0.427 e. The van der Waals surface area contributed by atoms with Crippen molar-refractivity contribution in [2.75, 3.05) is 27.9 Å². The quantitative estimate of drug-likeness (QED) is 0.258. The molecule has 5 heteroatoms. The summed E-state index contributed by atoms with van der Waals surface area (Å²) in [6.07, 6.45) is 0.589. The van der Waals surface area contributed by atoms with Crippen LogP contribution in [-0.2, 0) is 18.9 Å². The Morgan fingerprint density at radius 1 is 1.36 bits per heavy atom. The Morgan fingerprint density at radius 2 is 1.91 bits per heavy atom. The lowest BCUT2D eigenvalue weighted by Crippen LogP contribution is -1.96. The standard InChI is InChI=1S/C4H10O2Si.C2H6O2/c1-5-7-3-4-2-6-4;1-3-4-2/h4H,2-3,7H2,1H3;1-2H3. The molecule has 1 fully saturated rings. The first-order valence-electron chi connectivity index (χ1n) is 3.52. The maximum Gasteiger partial charge on any atom is 0.163 e. The van der Waals surface area contributed by atoms with Crippen LogP contribution in [0.25, 0.3) is 0 Å². The van der Waals surface area contributed by atoms with Gasteiger partial charge in [-0.1, -0.05) is 0 Å². The molecule has 0 aromatic heterocycles. The molecule has 0 spiro atoms. The SMILES string of the molecule is COOC.CO[SiH2]CC1CO1. The zero-order valence-corrected chi connectivity index (χ0v) is 8.75. The van der Waals surface area contributed by atoms with Crippen LogP contribution in [0.1, 0.15) is 0 Å². The van der Waals surface area contributed by atoms with Gasteiger partial charge < -0.3 is 9.16 Å². The van der Waals surface area contributed by atoms with Crippen LogP contribution in [0.4, 0.5) is 0 Å². The monoisotopic (exact) mass is 180 g/mol. The second kappa shape index (κ2) is 8.16. The van der Waals surface area contributed by atoms with Crippen molar-refractivity contribution in [3.8, 4) is 0 Å². The summed E-state index contributed by atoms with van der Waals surface area (Å²) in [7, 11) is 4.50. The van der Waals surface area contributed by atoms with Crippen LogP contribution < -0.4 is 0 Å². The fourth-order valence-corrected chi connectivity index (χ4v) is 1.32. The molecule has 0 aromatic rings. The van der Waals surface area contributed by atoms with E-state index in [0.717, 1.165) is 6.61 Å². The third kappa shape index (κ3) is 10.1. The zero-order valence-electron chi connectivity index (χ0n) is 7.33. The fraction of sp³-hybridized carbons (Fsp3) is 1.00. The molecule has 1 unspecified atom stereocenters. The first-order chi connectivity index (χ1) is 5.35. The normalized spacial score (nSPS) is 21.5. The molecule has 0 aromatic carbocycles. The number of hydrogen-bond donors (Lipinski definition) is 0. The van der Waals surface area contributed by atoms with Gasteiger partial charge in [-0.25, -0.2) is 9.78 Å². The zero-order chi connectivity index (χ0) is 8.53. The summed E-state index contributed by atoms with van der Waals surface area (Å²) in [6.45, 7) is 0.982. The van der Waals surface area contributed by atoms with Gasteiger partial charge in [0, 0.05) is 7.11 Å². The molecule has 0 radical (unpaired) electrons. The van der Waals surface area contributed by atoms with Crippen molar-refractivity contribution in [2.45, 2.75) is 12.1 Å². The topological polar surface area (TPSA) is 40.2 Å². The van der Waals surface area contributed by atoms with Gasteiger partial charge in [0.2, 0.25) is 0 Å². The van der Waals surface area contributed by atoms with E-state index in [0.29, 0.717) is 6.10 Å². The fourth-order valence-electron chi connectivity index (χ4n) is 0.484. The van der Waals surface area contributed by atoms with Crippen molar-refractivity contribution in [3.05, 3.63) is 0 Å². The van der Waals surface area contributed by atoms with Crippen LogP contribution in [0.15, 0.2) is 0 Å². The van der Waals surface area contributed by atoms with Crippen molar-refractivity contribution >= 4 is 9.76 Å². The molecule has 0 bridgehead atoms. The lowest BCUT2D eigenvalue weighted by molar-refractivity contribution is -0.248. The Morgan fingerprint density at radius 3 is 2.18 bits per heavy atom. The largest absolute Gasteiger partial charge is 0.427 e. The van der Waals surface area contributed by atoms with Gasteiger partial charge in [0.1, 0.15) is 0 Å². The molecule has 1 saturated heterocycles. The van der Waals surface area contributed by atoms with Crippen LogP contribution in [0.3, 0.4) is 0 Å². The minimum absolute atomic E-state index is 0.188. The van der Waals surface area contributed by atoms with Crippen LogP contribution in [0.5, 0.6) is 0 Å². The third-order valence-electron chi connectivity index (χ3n) is 1.21. The van der Waals surface area contributed by atoms with E-state index >= 15 is 0 Å². The van der Waals surface area contributed by atoms with E-state index in [4.69, 9.17) is 9.16 Å². The summed E-state index contributed by atoms with van der Waals surface area (Å²) < 4.78 is 9.92. The molecule has 68 valence electrons. The predicted octanol–water partition coefficient (Wildman–Crippen LogP) is -0.272. The molecule has 1 rings (SSSR count). The molecule has 4 nitrogen and oxygen atoms in total. The Bertz CT molecular complexity index is 75.0. The van der Waals surface area contributed by atoms with E-state index in [1.165, 1.54) is 20.3 Å². The van der Waals surface area contributed by atoms with E-state index in [-0.39, 0.29) is 9.76 Å². The van der Waals surface area contributed by atoms with Gasteiger partial charge in [0.15, 0.2) is 9.76 Å². The number of ether oxygens (including phenoxy) is 1. The lowest BCUT2D eigenvalue weighted by Gasteiger charge is -1.88. The van der Waals surface area contributed by atoms with Crippen molar-refractivity contribution in [1.29, 1.82) is 0 Å². The molecule has 11 heavy (non-hydrogen) atoms. The van der Waals surface area contributed by atoms with Gasteiger partial charge in [0.05, 0.1) is 26.9 Å². The second-order valence-corrected chi connectivity index (χ2v) is 3.63. The van der Waals surface area contributed by atoms with Gasteiger partial charge in [-0.05, 0) is 6.04 Å². The third-order valence-corrected chi connectivity index (χ3v) is 2.50. The highest BCUT2D eigenvalue weighted by atomic mass is 28.2. The predicted molar refractivity (Wildman–Crippen MR) is 44.1 cm³/mol. The summed E-state index contributed by atoms with van der Waals surface area (Å²) in [5.41, 5.74) is 0. The maximum atomic E-state index is 4.97. The molecule has 1 heterocycles. The van der Waals surface area contributed by atoms with Crippen molar-refractivity contribution in [3.63, 3.8) is 0 Å². The summed E-state index contributed by atoms with van der Waals surface area (Å²) >= 11 is 0. The lowest BCUT2D eigenvalue weighted by atomic mass is 10.6. The van der Waals surface area contributed by atoms with Crippen molar-refractivity contribution < 1.29 is 18.9 Å². The van der Waals surface area contributed by atoms with E-state index < -0.39 is 0 Å². The second-order valence-electron chi connectivity index (χ2n) is 2.07. The summed E-state index contributed by atoms with van der Waals surface area (Å²) in [6, 6.07) is 1.20. The molecule has 0 saturated carbocycles. The van der Waals surface area contributed by atoms with Crippen LogP contribution in [0.2, 0.25) is 6.04 Å². The number of hydrogen-bond acceptors (Lipinski definition) is 4. The summed E-state index contributed by atoms with van der Waals surface area (Å²) in [5.74, 6) is 0. The molecular weight excluding hydrogens is 164 g/mol. The Balaban J connectivity index is 0.000000218. The molecule has 0 aliphatic carbocycles. The average Bonchev–Trinajstić information content (AvgIpc) is 2.85. The van der Waals surface area contributed by atoms with E-state index in [2.05, 4.69) is 9.78 Å². The van der Waals surface area contributed by atoms with E-state index in [1.807, 2.05) is 0 Å². The van der Waals surface area contributed by atoms with Crippen LogP contribution in [0, 0.1) is 0 Å². The summed E-state index contributed by atoms with van der Waals surface area (Å²) in [4.78, 5) is 8.08. The molecular formula is C6H16O4Si. The maximum absolute atomic E-state index is 4.97. The minimum atomic E-state index is -0.188. The van der Waals surface area contributed by atoms with Crippen LogP contribution >= 0.6 is 0 Å². The van der Waals surface area contributed by atoms with Gasteiger partial charge in [-0.3, -0.25) is 0 Å². The average molecular weight is 180 g/mol. The first kappa shape index (κ1) is 11.1. The van der Waals surface area contributed by atoms with E-state index in [1.54, 1.807) is 7.11 Å². The highest BCUT2D eigenvalue weighted by molar-refractivity contribution is 6.27. The Labute approximate surface area is 69.6 Å². The number of epoxide rings is 1. The summed E-state index contributed by atoms with van der Waals surface area (Å²) in [5, 5.41) is 0. The van der Waals surface area contributed by atoms with Gasteiger partial charge >= 0.3 is 0 Å². The van der Waals surface area contributed by atoms with Crippen molar-refractivity contribution in [2.24, 2.45) is 0 Å². The van der Waals surface area contributed by atoms with E-state index in [9.17, 15) is 0 Å². The number of rotatable bonds is 4. The molecule has 0 N–H and O–H groups in total. The highest BCUT2D eigenvalue weighted by Crippen LogP contribution is 2.12. The smallest absolute Gasteiger partial charge is 0.163 e. The molecule has 1 aliphatic heterocycles. The first-order valence-corrected chi connectivity index (χ1v) is 5.10. The molecule has 1 atom stereocenters. The molecule has 1 aliphatic rings. The Hall–Kier alpha value is 0.0569. The van der Waals surface area contributed by atoms with Gasteiger partial charge in [-0.2, -0.15) is 0 Å². The van der Waals surface area contributed by atoms with Gasteiger partial charge in [0.25, 0.3) is 0 Å². The van der Waals surface area contributed by atoms with Crippen molar-refractivity contribution in [1.82, 2.24) is 0 Å².